The molecular formula is C14H9BrFIO2. The highest BCUT2D eigenvalue weighted by Gasteiger charge is 2.14. The van der Waals surface area contributed by atoms with Crippen molar-refractivity contribution in [3.63, 3.8) is 0 Å². The van der Waals surface area contributed by atoms with Crippen molar-refractivity contribution in [2.24, 2.45) is 0 Å². The first-order chi connectivity index (χ1) is 9.02. The number of ketones is 1. The Hall–Kier alpha value is -0.950. The van der Waals surface area contributed by atoms with Crippen LogP contribution in [0.5, 0.6) is 5.75 Å². The van der Waals surface area contributed by atoms with Gasteiger partial charge in [0.1, 0.15) is 11.6 Å². The van der Waals surface area contributed by atoms with E-state index in [0.717, 1.165) is 0 Å². The molecular weight excluding hydrogens is 426 g/mol. The summed E-state index contributed by atoms with van der Waals surface area (Å²) in [7, 11) is 1.56. The lowest BCUT2D eigenvalue weighted by Crippen LogP contribution is -2.04. The molecule has 0 atom stereocenters. The molecule has 5 heteroatoms. The summed E-state index contributed by atoms with van der Waals surface area (Å²) in [5.41, 5.74) is 1.01. The van der Waals surface area contributed by atoms with E-state index in [1.54, 1.807) is 25.3 Å². The van der Waals surface area contributed by atoms with Crippen molar-refractivity contribution >= 4 is 44.3 Å². The van der Waals surface area contributed by atoms with Crippen molar-refractivity contribution in [1.29, 1.82) is 0 Å². The molecule has 0 spiro atoms. The number of methoxy groups -OCH3 is 1. The Labute approximate surface area is 132 Å². The standard InChI is InChI=1S/C14H9BrFIO2/c1-19-13-5-2-8(6-11(13)15)14(18)10-4-3-9(16)7-12(10)17/h2-7H,1H3. The molecule has 0 saturated heterocycles. The zero-order valence-electron chi connectivity index (χ0n) is 9.91. The van der Waals surface area contributed by atoms with Crippen LogP contribution in [0.2, 0.25) is 0 Å². The molecule has 98 valence electrons. The number of ether oxygens (including phenoxy) is 1. The first-order valence-electron chi connectivity index (χ1n) is 5.36. The third-order valence-corrected chi connectivity index (χ3v) is 4.10. The van der Waals surface area contributed by atoms with Crippen LogP contribution in [0.4, 0.5) is 4.39 Å². The molecule has 2 nitrogen and oxygen atoms in total. The molecule has 19 heavy (non-hydrogen) atoms. The molecule has 0 aliphatic heterocycles. The van der Waals surface area contributed by atoms with Gasteiger partial charge in [-0.05, 0) is 74.9 Å². The summed E-state index contributed by atoms with van der Waals surface area (Å²) in [6.07, 6.45) is 0. The lowest BCUT2D eigenvalue weighted by molar-refractivity contribution is 0.103. The molecule has 0 aliphatic carbocycles. The van der Waals surface area contributed by atoms with Gasteiger partial charge in [-0.15, -0.1) is 0 Å². The first kappa shape index (κ1) is 14.5. The van der Waals surface area contributed by atoms with Crippen LogP contribution < -0.4 is 4.74 Å². The van der Waals surface area contributed by atoms with Gasteiger partial charge in [0.05, 0.1) is 11.6 Å². The molecule has 2 aromatic rings. The van der Waals surface area contributed by atoms with Gasteiger partial charge in [0.15, 0.2) is 5.78 Å². The normalized spacial score (nSPS) is 10.3. The van der Waals surface area contributed by atoms with E-state index in [4.69, 9.17) is 4.74 Å². The predicted molar refractivity (Wildman–Crippen MR) is 83.2 cm³/mol. The molecule has 0 aromatic heterocycles. The maximum atomic E-state index is 13.0. The Bertz CT molecular complexity index is 643. The Balaban J connectivity index is 2.41. The number of hydrogen-bond donors (Lipinski definition) is 0. The van der Waals surface area contributed by atoms with E-state index in [1.165, 1.54) is 18.2 Å². The fourth-order valence-electron chi connectivity index (χ4n) is 1.64. The summed E-state index contributed by atoms with van der Waals surface area (Å²) in [5, 5.41) is 0. The van der Waals surface area contributed by atoms with Gasteiger partial charge in [-0.1, -0.05) is 0 Å². The highest BCUT2D eigenvalue weighted by molar-refractivity contribution is 14.1. The summed E-state index contributed by atoms with van der Waals surface area (Å²) < 4.78 is 19.5. The van der Waals surface area contributed by atoms with E-state index in [0.29, 0.717) is 24.9 Å². The summed E-state index contributed by atoms with van der Waals surface area (Å²) in [5.74, 6) is 0.162. The van der Waals surface area contributed by atoms with Crippen LogP contribution in [0.3, 0.4) is 0 Å². The Kier molecular flexibility index (Phi) is 4.57. The molecule has 0 aliphatic rings. The van der Waals surface area contributed by atoms with Crippen molar-refractivity contribution in [2.75, 3.05) is 7.11 Å². The van der Waals surface area contributed by atoms with Gasteiger partial charge in [0.25, 0.3) is 0 Å². The lowest BCUT2D eigenvalue weighted by Gasteiger charge is -2.07. The third kappa shape index (κ3) is 3.14. The number of rotatable bonds is 3. The summed E-state index contributed by atoms with van der Waals surface area (Å²) >= 11 is 5.29. The monoisotopic (exact) mass is 434 g/mol. The molecule has 0 unspecified atom stereocenters. The van der Waals surface area contributed by atoms with E-state index in [2.05, 4.69) is 15.9 Å². The van der Waals surface area contributed by atoms with E-state index >= 15 is 0 Å². The topological polar surface area (TPSA) is 26.3 Å². The number of halogens is 3. The van der Waals surface area contributed by atoms with Crippen LogP contribution in [0.25, 0.3) is 0 Å². The van der Waals surface area contributed by atoms with E-state index in [9.17, 15) is 9.18 Å². The van der Waals surface area contributed by atoms with Crippen LogP contribution in [0, 0.1) is 9.39 Å². The van der Waals surface area contributed by atoms with Crippen molar-refractivity contribution < 1.29 is 13.9 Å². The second kappa shape index (κ2) is 6.00. The van der Waals surface area contributed by atoms with Crippen molar-refractivity contribution in [3.05, 3.63) is 61.4 Å². The molecule has 0 heterocycles. The average Bonchev–Trinajstić information content (AvgIpc) is 2.38. The van der Waals surface area contributed by atoms with Gasteiger partial charge < -0.3 is 4.74 Å². The van der Waals surface area contributed by atoms with Crippen LogP contribution in [-0.2, 0) is 0 Å². The van der Waals surface area contributed by atoms with Gasteiger partial charge >= 0.3 is 0 Å². The third-order valence-electron chi connectivity index (χ3n) is 2.59. The molecule has 0 fully saturated rings. The Morgan fingerprint density at radius 1 is 1.26 bits per heavy atom. The van der Waals surface area contributed by atoms with Gasteiger partial charge in [0.2, 0.25) is 0 Å². The van der Waals surface area contributed by atoms with Gasteiger partial charge in [-0.2, -0.15) is 0 Å². The van der Waals surface area contributed by atoms with Crippen LogP contribution in [0.15, 0.2) is 40.9 Å². The van der Waals surface area contributed by atoms with Crippen LogP contribution in [-0.4, -0.2) is 12.9 Å². The molecule has 2 aromatic carbocycles. The highest BCUT2D eigenvalue weighted by Crippen LogP contribution is 2.27. The van der Waals surface area contributed by atoms with E-state index in [1.807, 2.05) is 22.6 Å². The predicted octanol–water partition coefficient (Wildman–Crippen LogP) is 4.43. The van der Waals surface area contributed by atoms with E-state index in [-0.39, 0.29) is 11.6 Å². The summed E-state index contributed by atoms with van der Waals surface area (Å²) in [6.45, 7) is 0. The summed E-state index contributed by atoms with van der Waals surface area (Å²) in [4.78, 5) is 12.3. The summed E-state index contributed by atoms with van der Waals surface area (Å²) in [6, 6.07) is 9.22. The zero-order valence-corrected chi connectivity index (χ0v) is 13.7. The van der Waals surface area contributed by atoms with E-state index < -0.39 is 0 Å². The number of hydrogen-bond acceptors (Lipinski definition) is 2. The number of carbonyl (C=O) groups excluding carboxylic acids is 1. The molecule has 0 radical (unpaired) electrons. The minimum atomic E-state index is -0.350. The van der Waals surface area contributed by atoms with Crippen molar-refractivity contribution in [2.45, 2.75) is 0 Å². The molecule has 2 rings (SSSR count). The molecule has 0 N–H and O–H groups in total. The smallest absolute Gasteiger partial charge is 0.194 e. The number of benzene rings is 2. The van der Waals surface area contributed by atoms with Gasteiger partial charge in [-0.25, -0.2) is 4.39 Å². The van der Waals surface area contributed by atoms with Crippen molar-refractivity contribution in [1.82, 2.24) is 0 Å². The van der Waals surface area contributed by atoms with Gasteiger partial charge in [0, 0.05) is 14.7 Å². The minimum Gasteiger partial charge on any atom is -0.496 e. The van der Waals surface area contributed by atoms with Crippen molar-refractivity contribution in [3.8, 4) is 5.75 Å². The van der Waals surface area contributed by atoms with Gasteiger partial charge in [-0.3, -0.25) is 4.79 Å². The second-order valence-electron chi connectivity index (χ2n) is 3.80. The van der Waals surface area contributed by atoms with Crippen LogP contribution >= 0.6 is 38.5 Å². The fourth-order valence-corrected chi connectivity index (χ4v) is 2.90. The zero-order chi connectivity index (χ0) is 14.0. The first-order valence-corrected chi connectivity index (χ1v) is 7.23. The number of carbonyl (C=O) groups is 1. The largest absolute Gasteiger partial charge is 0.496 e. The maximum absolute atomic E-state index is 13.0. The molecule has 0 saturated carbocycles. The SMILES string of the molecule is COc1ccc(C(=O)c2ccc(F)cc2I)cc1Br. The molecule has 0 bridgehead atoms. The second-order valence-corrected chi connectivity index (χ2v) is 5.82. The Morgan fingerprint density at radius 2 is 2.00 bits per heavy atom. The maximum Gasteiger partial charge on any atom is 0.194 e. The molecule has 0 amide bonds. The quantitative estimate of drug-likeness (QED) is 0.527. The highest BCUT2D eigenvalue weighted by atomic mass is 127. The lowest BCUT2D eigenvalue weighted by atomic mass is 10.0. The minimum absolute atomic E-state index is 0.146. The van der Waals surface area contributed by atoms with Crippen LogP contribution in [0.1, 0.15) is 15.9 Å². The Morgan fingerprint density at radius 3 is 2.58 bits per heavy atom. The fraction of sp³-hybridized carbons (Fsp3) is 0.0714. The average molecular weight is 435 g/mol.